The number of hydrogen-bond donors (Lipinski definition) is 2. The Kier molecular flexibility index (Phi) is 6.02. The molecule has 0 spiro atoms. The fraction of sp³-hybridized carbons (Fsp3) is 0.0476. The highest BCUT2D eigenvalue weighted by molar-refractivity contribution is 7.07. The van der Waals surface area contributed by atoms with E-state index in [-0.39, 0.29) is 11.3 Å². The number of carbonyl (C=O) groups excluding carboxylic acids is 1. The van der Waals surface area contributed by atoms with Crippen molar-refractivity contribution in [2.75, 3.05) is 6.54 Å². The molecule has 2 aromatic carbocycles. The Hall–Kier alpha value is -3.96. The number of nitriles is 1. The van der Waals surface area contributed by atoms with Crippen molar-refractivity contribution < 1.29 is 9.90 Å². The zero-order chi connectivity index (χ0) is 20.8. The van der Waals surface area contributed by atoms with Gasteiger partial charge >= 0.3 is 0 Å². The minimum absolute atomic E-state index is 0.0286. The number of nitrogens with two attached hydrogens (primary N) is 1. The number of hydrogen-bond acceptors (Lipinski definition) is 6. The highest BCUT2D eigenvalue weighted by atomic mass is 32.1. The second-order valence-electron chi connectivity index (χ2n) is 5.92. The minimum atomic E-state index is -0.719. The largest absolute Gasteiger partial charge is 0.507 e. The van der Waals surface area contributed by atoms with Gasteiger partial charge in [-0.1, -0.05) is 18.2 Å². The number of thiazole rings is 1. The summed E-state index contributed by atoms with van der Waals surface area (Å²) in [5.41, 5.74) is 8.09. The molecule has 29 heavy (non-hydrogen) atoms. The number of primary amides is 1. The Bertz CT molecular complexity index is 1200. The molecule has 0 aliphatic carbocycles. The molecule has 0 radical (unpaired) electrons. The number of aromatic nitrogens is 1. The molecule has 1 aromatic heterocycles. The molecule has 0 fully saturated rings. The number of phenols is 1. The first kappa shape index (κ1) is 19.8. The van der Waals surface area contributed by atoms with Crippen LogP contribution in [-0.4, -0.2) is 28.4 Å². The van der Waals surface area contributed by atoms with Gasteiger partial charge in [-0.05, 0) is 35.9 Å². The summed E-state index contributed by atoms with van der Waals surface area (Å²) in [6, 6.07) is 13.7. The maximum atomic E-state index is 11.6. The summed E-state index contributed by atoms with van der Waals surface area (Å²) in [6.07, 6.45) is 3.33. The lowest BCUT2D eigenvalue weighted by Crippen LogP contribution is -2.13. The molecule has 0 bridgehead atoms. The van der Waals surface area contributed by atoms with Gasteiger partial charge in [0.05, 0.1) is 35.6 Å². The summed E-state index contributed by atoms with van der Waals surface area (Å²) < 4.78 is 1.64. The van der Waals surface area contributed by atoms with E-state index in [4.69, 9.17) is 11.0 Å². The van der Waals surface area contributed by atoms with E-state index in [2.05, 4.69) is 22.7 Å². The molecule has 3 N–H and O–H groups in total. The fourth-order valence-corrected chi connectivity index (χ4v) is 3.37. The third-order valence-corrected chi connectivity index (χ3v) is 4.81. The topological polar surface area (TPSA) is 117 Å². The van der Waals surface area contributed by atoms with Crippen LogP contribution in [0.15, 0.2) is 70.6 Å². The Morgan fingerprint density at radius 1 is 1.31 bits per heavy atom. The molecular weight excluding hydrogens is 386 g/mol. The van der Waals surface area contributed by atoms with Crippen LogP contribution in [0, 0.1) is 11.3 Å². The summed E-state index contributed by atoms with van der Waals surface area (Å²) >= 11 is 1.38. The first-order chi connectivity index (χ1) is 14.0. The highest BCUT2D eigenvalue weighted by Crippen LogP contribution is 2.26. The molecule has 7 nitrogen and oxygen atoms in total. The van der Waals surface area contributed by atoms with Gasteiger partial charge in [0.25, 0.3) is 5.91 Å². The molecule has 0 atom stereocenters. The van der Waals surface area contributed by atoms with Gasteiger partial charge in [-0.2, -0.15) is 10.4 Å². The maximum absolute atomic E-state index is 11.6. The van der Waals surface area contributed by atoms with Gasteiger partial charge in [0, 0.05) is 10.9 Å². The molecule has 0 saturated carbocycles. The van der Waals surface area contributed by atoms with E-state index in [1.54, 1.807) is 47.3 Å². The monoisotopic (exact) mass is 403 g/mol. The summed E-state index contributed by atoms with van der Waals surface area (Å²) in [4.78, 5) is 16.7. The molecule has 3 rings (SSSR count). The molecule has 0 unspecified atom stereocenters. The molecule has 1 amide bonds. The zero-order valence-electron chi connectivity index (χ0n) is 15.3. The average Bonchev–Trinajstić information content (AvgIpc) is 3.13. The Balaban J connectivity index is 2.09. The second-order valence-corrected chi connectivity index (χ2v) is 6.76. The first-order valence-corrected chi connectivity index (χ1v) is 9.41. The molecule has 0 saturated heterocycles. The smallest absolute Gasteiger partial charge is 0.252 e. The number of benzene rings is 2. The molecular formula is C21H17N5O2S. The minimum Gasteiger partial charge on any atom is -0.507 e. The first-order valence-electron chi connectivity index (χ1n) is 8.53. The van der Waals surface area contributed by atoms with Gasteiger partial charge in [-0.15, -0.1) is 17.9 Å². The van der Waals surface area contributed by atoms with Crippen molar-refractivity contribution in [1.29, 1.82) is 5.26 Å². The summed E-state index contributed by atoms with van der Waals surface area (Å²) in [7, 11) is 0. The second kappa shape index (κ2) is 8.82. The van der Waals surface area contributed by atoms with E-state index in [0.717, 1.165) is 5.56 Å². The number of rotatable bonds is 6. The highest BCUT2D eigenvalue weighted by Gasteiger charge is 2.13. The normalized spacial score (nSPS) is 11.5. The van der Waals surface area contributed by atoms with E-state index in [9.17, 15) is 9.90 Å². The Morgan fingerprint density at radius 3 is 2.72 bits per heavy atom. The van der Waals surface area contributed by atoms with Crippen LogP contribution in [0.2, 0.25) is 0 Å². The third-order valence-electron chi connectivity index (χ3n) is 3.96. The van der Waals surface area contributed by atoms with E-state index in [1.807, 2.05) is 5.38 Å². The lowest BCUT2D eigenvalue weighted by atomic mass is 10.1. The van der Waals surface area contributed by atoms with E-state index in [0.29, 0.717) is 28.2 Å². The van der Waals surface area contributed by atoms with E-state index >= 15 is 0 Å². The van der Waals surface area contributed by atoms with E-state index in [1.165, 1.54) is 23.5 Å². The molecule has 8 heteroatoms. The van der Waals surface area contributed by atoms with Crippen LogP contribution < -0.4 is 10.5 Å². The lowest BCUT2D eigenvalue weighted by molar-refractivity contribution is 0.0998. The van der Waals surface area contributed by atoms with Crippen LogP contribution in [0.3, 0.4) is 0 Å². The number of aromatic hydroxyl groups is 1. The van der Waals surface area contributed by atoms with E-state index < -0.39 is 5.91 Å². The van der Waals surface area contributed by atoms with Crippen LogP contribution in [0.25, 0.3) is 11.3 Å². The van der Waals surface area contributed by atoms with Gasteiger partial charge < -0.3 is 10.8 Å². The van der Waals surface area contributed by atoms with Crippen LogP contribution in [0.4, 0.5) is 0 Å². The van der Waals surface area contributed by atoms with Crippen LogP contribution >= 0.6 is 11.3 Å². The van der Waals surface area contributed by atoms with Crippen LogP contribution in [0.1, 0.15) is 21.5 Å². The maximum Gasteiger partial charge on any atom is 0.252 e. The van der Waals surface area contributed by atoms with Gasteiger partial charge in [0.2, 0.25) is 4.80 Å². The quantitative estimate of drug-likeness (QED) is 0.487. The van der Waals surface area contributed by atoms with Crippen molar-refractivity contribution in [3.8, 4) is 23.1 Å². The van der Waals surface area contributed by atoms with Crippen molar-refractivity contribution >= 4 is 23.5 Å². The predicted octanol–water partition coefficient (Wildman–Crippen LogP) is 2.86. The molecule has 0 aliphatic heterocycles. The van der Waals surface area contributed by atoms with Crippen molar-refractivity contribution in [1.82, 2.24) is 4.68 Å². The van der Waals surface area contributed by atoms with Gasteiger partial charge in [-0.25, -0.2) is 4.68 Å². The third kappa shape index (κ3) is 4.48. The van der Waals surface area contributed by atoms with Crippen molar-refractivity contribution in [2.45, 2.75) is 0 Å². The average molecular weight is 403 g/mol. The van der Waals surface area contributed by atoms with Gasteiger partial charge in [-0.3, -0.25) is 9.79 Å². The molecule has 144 valence electrons. The zero-order valence-corrected chi connectivity index (χ0v) is 16.1. The number of carbonyl (C=O) groups is 1. The van der Waals surface area contributed by atoms with Crippen LogP contribution in [-0.2, 0) is 0 Å². The standard InChI is InChI=1S/C21H17N5O2S/c1-2-9-24-21-26(25-12-15-5-3-14(11-22)4-6-15)18(13-29-21)16-7-8-19(27)17(10-16)20(23)28/h2-8,10,12-13,27H,1,9H2,(H2,23,28)/b24-21?,25-12-. The van der Waals surface area contributed by atoms with Crippen molar-refractivity contribution in [3.05, 3.63) is 82.0 Å². The van der Waals surface area contributed by atoms with Gasteiger partial charge in [0.1, 0.15) is 5.75 Å². The van der Waals surface area contributed by atoms with Crippen molar-refractivity contribution in [3.63, 3.8) is 0 Å². The molecule has 0 aliphatic rings. The van der Waals surface area contributed by atoms with Gasteiger partial charge in [0.15, 0.2) is 0 Å². The summed E-state index contributed by atoms with van der Waals surface area (Å²) in [6.45, 7) is 4.10. The summed E-state index contributed by atoms with van der Waals surface area (Å²) in [5.74, 6) is -0.899. The fourth-order valence-electron chi connectivity index (χ4n) is 2.52. The summed E-state index contributed by atoms with van der Waals surface area (Å²) in [5, 5.41) is 25.2. The Labute approximate surface area is 171 Å². The molecule has 1 heterocycles. The van der Waals surface area contributed by atoms with Crippen molar-refractivity contribution in [2.24, 2.45) is 15.8 Å². The lowest BCUT2D eigenvalue weighted by Gasteiger charge is -2.06. The van der Waals surface area contributed by atoms with Crippen LogP contribution in [0.5, 0.6) is 5.75 Å². The number of amides is 1. The molecule has 3 aromatic rings. The number of nitrogens with zero attached hydrogens (tertiary/aromatic N) is 4. The predicted molar refractivity (Wildman–Crippen MR) is 113 cm³/mol. The SMILES string of the molecule is C=CCN=c1scc(-c2ccc(O)c(C(N)=O)c2)n1/N=C\c1ccc(C#N)cc1. The Morgan fingerprint density at radius 2 is 2.07 bits per heavy atom.